The van der Waals surface area contributed by atoms with Gasteiger partial charge in [-0.3, -0.25) is 9.36 Å². The molecule has 0 saturated heterocycles. The fourth-order valence-corrected chi connectivity index (χ4v) is 9.10. The van der Waals surface area contributed by atoms with Crippen LogP contribution in [0.4, 0.5) is 4.39 Å². The number of rotatable bonds is 4. The van der Waals surface area contributed by atoms with Crippen molar-refractivity contribution < 1.29 is 9.13 Å². The second kappa shape index (κ2) is 8.52. The molecule has 0 aliphatic heterocycles. The van der Waals surface area contributed by atoms with Gasteiger partial charge in [-0.25, -0.2) is 9.37 Å². The van der Waals surface area contributed by atoms with Gasteiger partial charge in [-0.05, 0) is 108 Å². The molecule has 6 heteroatoms. The Morgan fingerprint density at radius 3 is 2.84 bits per heavy atom. The van der Waals surface area contributed by atoms with Crippen LogP contribution in [-0.4, -0.2) is 16.7 Å². The Hall–Kier alpha value is -2.99. The lowest BCUT2D eigenvalue weighted by Gasteiger charge is -2.49. The summed E-state index contributed by atoms with van der Waals surface area (Å²) in [6.07, 6.45) is 8.01. The van der Waals surface area contributed by atoms with Gasteiger partial charge in [0.05, 0.1) is 18.8 Å². The lowest BCUT2D eigenvalue weighted by Crippen LogP contribution is -2.43. The topological polar surface area (TPSA) is 44.1 Å². The maximum absolute atomic E-state index is 13.8. The smallest absolute Gasteiger partial charge is 0.262 e. The van der Waals surface area contributed by atoms with Gasteiger partial charge in [0.2, 0.25) is 0 Å². The van der Waals surface area contributed by atoms with Crippen LogP contribution in [0.15, 0.2) is 53.6 Å². The zero-order chi connectivity index (χ0) is 25.3. The molecule has 2 aromatic carbocycles. The molecule has 0 bridgehead atoms. The van der Waals surface area contributed by atoms with E-state index in [1.807, 2.05) is 0 Å². The maximum atomic E-state index is 13.8. The number of hydrogen-bond acceptors (Lipinski definition) is 4. The van der Waals surface area contributed by atoms with Gasteiger partial charge in [-0.15, -0.1) is 11.3 Å². The first-order valence-electron chi connectivity index (χ1n) is 13.4. The zero-order valence-electron chi connectivity index (χ0n) is 21.3. The summed E-state index contributed by atoms with van der Waals surface area (Å²) in [7, 11) is 1.74. The Balaban J connectivity index is 1.22. The van der Waals surface area contributed by atoms with Gasteiger partial charge in [0.15, 0.2) is 0 Å². The van der Waals surface area contributed by atoms with Crippen LogP contribution in [0, 0.1) is 17.7 Å². The molecule has 37 heavy (non-hydrogen) atoms. The molecule has 3 aliphatic carbocycles. The van der Waals surface area contributed by atoms with Crippen LogP contribution in [0.5, 0.6) is 5.75 Å². The van der Waals surface area contributed by atoms with Gasteiger partial charge in [-0.2, -0.15) is 0 Å². The van der Waals surface area contributed by atoms with E-state index in [1.165, 1.54) is 40.1 Å². The quantitative estimate of drug-likeness (QED) is 0.316. The van der Waals surface area contributed by atoms with Crippen LogP contribution in [0.25, 0.3) is 10.2 Å². The highest BCUT2D eigenvalue weighted by Crippen LogP contribution is 2.62. The number of halogens is 1. The number of nitrogens with zero attached hydrogens (tertiary/aromatic N) is 2. The van der Waals surface area contributed by atoms with Gasteiger partial charge in [0, 0.05) is 11.4 Å². The summed E-state index contributed by atoms with van der Waals surface area (Å²) in [6.45, 7) is 2.97. The summed E-state index contributed by atoms with van der Waals surface area (Å²) in [5, 5.41) is 0.853. The molecular weight excluding hydrogens is 483 g/mol. The summed E-state index contributed by atoms with van der Waals surface area (Å²) in [4.78, 5) is 20.8. The number of benzene rings is 2. The second-order valence-corrected chi connectivity index (χ2v) is 12.4. The van der Waals surface area contributed by atoms with Crippen molar-refractivity contribution in [3.63, 3.8) is 0 Å². The van der Waals surface area contributed by atoms with Crippen molar-refractivity contribution in [1.82, 2.24) is 9.55 Å². The molecule has 7 rings (SSSR count). The molecule has 2 heterocycles. The van der Waals surface area contributed by atoms with E-state index in [4.69, 9.17) is 9.72 Å². The number of aryl methyl sites for hydroxylation is 3. The van der Waals surface area contributed by atoms with E-state index in [0.717, 1.165) is 47.2 Å². The van der Waals surface area contributed by atoms with E-state index in [0.29, 0.717) is 30.7 Å². The molecule has 190 valence electrons. The van der Waals surface area contributed by atoms with Crippen LogP contribution in [0.3, 0.4) is 0 Å². The molecule has 0 amide bonds. The predicted octanol–water partition coefficient (Wildman–Crippen LogP) is 6.42. The van der Waals surface area contributed by atoms with E-state index >= 15 is 0 Å². The monoisotopic (exact) mass is 514 g/mol. The first-order valence-corrected chi connectivity index (χ1v) is 14.2. The molecule has 4 aromatic rings. The Kier molecular flexibility index (Phi) is 5.33. The zero-order valence-corrected chi connectivity index (χ0v) is 22.1. The first kappa shape index (κ1) is 23.2. The second-order valence-electron chi connectivity index (χ2n) is 11.3. The van der Waals surface area contributed by atoms with Gasteiger partial charge in [0.1, 0.15) is 16.4 Å². The van der Waals surface area contributed by atoms with Gasteiger partial charge < -0.3 is 4.74 Å². The predicted molar refractivity (Wildman–Crippen MR) is 145 cm³/mol. The highest BCUT2D eigenvalue weighted by molar-refractivity contribution is 7.18. The Morgan fingerprint density at radius 2 is 2.03 bits per heavy atom. The van der Waals surface area contributed by atoms with E-state index in [2.05, 4.69) is 25.1 Å². The summed E-state index contributed by atoms with van der Waals surface area (Å²) in [6, 6.07) is 13.2. The fourth-order valence-electron chi connectivity index (χ4n) is 7.77. The SMILES string of the molecule is COc1ccc2c(c1)CC[C@H]1[C@@H]2CC[C@@]2(C)c3c(sc4ncn(CCc5ccc(F)cc5)c(=O)c34)C[C@H]12. The third-order valence-corrected chi connectivity index (χ3v) is 10.7. The number of aromatic nitrogens is 2. The fraction of sp³-hybridized carbons (Fsp3) is 0.419. The summed E-state index contributed by atoms with van der Waals surface area (Å²) >= 11 is 1.74. The Morgan fingerprint density at radius 1 is 1.19 bits per heavy atom. The summed E-state index contributed by atoms with van der Waals surface area (Å²) in [5.41, 5.74) is 5.39. The molecule has 0 radical (unpaired) electrons. The van der Waals surface area contributed by atoms with E-state index in [1.54, 1.807) is 41.5 Å². The number of methoxy groups -OCH3 is 1. The maximum Gasteiger partial charge on any atom is 0.262 e. The van der Waals surface area contributed by atoms with Gasteiger partial charge in [-0.1, -0.05) is 25.1 Å². The molecule has 1 fully saturated rings. The lowest BCUT2D eigenvalue weighted by molar-refractivity contribution is 0.106. The Bertz CT molecular complexity index is 1570. The minimum absolute atomic E-state index is 0.0235. The minimum Gasteiger partial charge on any atom is -0.497 e. The third kappa shape index (κ3) is 3.52. The first-order chi connectivity index (χ1) is 18.0. The van der Waals surface area contributed by atoms with E-state index in [9.17, 15) is 9.18 Å². The van der Waals surface area contributed by atoms with Crippen LogP contribution in [-0.2, 0) is 31.2 Å². The number of hydrogen-bond donors (Lipinski definition) is 0. The molecule has 0 N–H and O–H groups in total. The average Bonchev–Trinajstić information content (AvgIpc) is 3.43. The summed E-state index contributed by atoms with van der Waals surface area (Å²) in [5.74, 6) is 2.52. The standard InChI is InChI=1S/C31H31FN2O2S/c1-31-13-11-23-22-10-8-21(36-2)15-19(22)5-9-24(23)25(31)16-26-28(31)27-29(37-26)33-17-34(30(27)35)14-12-18-3-6-20(32)7-4-18/h3-4,6-8,10,15,17,23-25H,5,9,11-14,16H2,1-2H3/t23-,24+,25-,31-/m1/s1. The summed E-state index contributed by atoms with van der Waals surface area (Å²) < 4.78 is 20.5. The van der Waals surface area contributed by atoms with Gasteiger partial charge in [0.25, 0.3) is 5.56 Å². The molecule has 0 unspecified atom stereocenters. The molecule has 3 aliphatic rings. The molecular formula is C31H31FN2O2S. The van der Waals surface area contributed by atoms with E-state index < -0.39 is 0 Å². The van der Waals surface area contributed by atoms with Crippen molar-refractivity contribution in [2.45, 2.75) is 63.3 Å². The van der Waals surface area contributed by atoms with Crippen molar-refractivity contribution in [2.75, 3.05) is 7.11 Å². The van der Waals surface area contributed by atoms with Crippen molar-refractivity contribution in [1.29, 1.82) is 0 Å². The average molecular weight is 515 g/mol. The molecule has 1 saturated carbocycles. The highest BCUT2D eigenvalue weighted by Gasteiger charge is 2.54. The largest absolute Gasteiger partial charge is 0.497 e. The van der Waals surface area contributed by atoms with Crippen LogP contribution in [0.2, 0.25) is 0 Å². The van der Waals surface area contributed by atoms with E-state index in [-0.39, 0.29) is 16.8 Å². The number of thiophene rings is 1. The number of ether oxygens (including phenoxy) is 1. The molecule has 0 spiro atoms. The molecule has 4 nitrogen and oxygen atoms in total. The Labute approximate surface area is 220 Å². The third-order valence-electron chi connectivity index (χ3n) is 9.61. The van der Waals surface area contributed by atoms with Gasteiger partial charge >= 0.3 is 0 Å². The van der Waals surface area contributed by atoms with Crippen molar-refractivity contribution >= 4 is 21.6 Å². The van der Waals surface area contributed by atoms with Crippen LogP contribution in [0.1, 0.15) is 59.2 Å². The van der Waals surface area contributed by atoms with Crippen molar-refractivity contribution in [2.24, 2.45) is 11.8 Å². The van der Waals surface area contributed by atoms with Crippen molar-refractivity contribution in [3.05, 3.63) is 92.1 Å². The van der Waals surface area contributed by atoms with Crippen molar-refractivity contribution in [3.8, 4) is 5.75 Å². The molecule has 2 aromatic heterocycles. The lowest BCUT2D eigenvalue weighted by atomic mass is 9.55. The van der Waals surface area contributed by atoms with Crippen LogP contribution >= 0.6 is 11.3 Å². The highest BCUT2D eigenvalue weighted by atomic mass is 32.1. The minimum atomic E-state index is -0.239. The molecule has 4 atom stereocenters. The van der Waals surface area contributed by atoms with Crippen LogP contribution < -0.4 is 10.3 Å². The normalized spacial score (nSPS) is 25.9. The number of fused-ring (bicyclic) bond motifs is 9.